The van der Waals surface area contributed by atoms with E-state index < -0.39 is 94.9 Å². The molecule has 4 fully saturated rings. The van der Waals surface area contributed by atoms with Crippen LogP contribution in [-0.2, 0) is 31.7 Å². The minimum atomic E-state index is -5.04. The first-order chi connectivity index (χ1) is 29.3. The molecule has 5 aliphatic rings. The number of nitrogens with zero attached hydrogens (tertiary/aromatic N) is 4. The van der Waals surface area contributed by atoms with E-state index in [0.717, 1.165) is 29.4 Å². The molecule has 0 radical (unpaired) electrons. The number of ether oxygens (including phenoxy) is 2. The highest BCUT2D eigenvalue weighted by molar-refractivity contribution is 6.30. The average molecular weight is 908 g/mol. The minimum Gasteiger partial charge on any atom is -0.476 e. The predicted molar refractivity (Wildman–Crippen MR) is 223 cm³/mol. The first-order valence-corrected chi connectivity index (χ1v) is 21.8. The number of hydrogen-bond acceptors (Lipinski definition) is 7. The molecular formula is C45H55ClF5N5O7. The minimum absolute atomic E-state index is 0.00649. The van der Waals surface area contributed by atoms with Crippen LogP contribution in [0.5, 0.6) is 5.75 Å². The summed E-state index contributed by atoms with van der Waals surface area (Å²) < 4.78 is 82.4. The summed E-state index contributed by atoms with van der Waals surface area (Å²) >= 11 is 6.07. The summed E-state index contributed by atoms with van der Waals surface area (Å²) in [5.74, 6) is -3.64. The Labute approximate surface area is 368 Å². The quantitative estimate of drug-likeness (QED) is 0.215. The zero-order valence-corrected chi connectivity index (χ0v) is 37.3. The fraction of sp³-hybridized carbons (Fsp3) is 0.622. The molecule has 63 heavy (non-hydrogen) atoms. The zero-order chi connectivity index (χ0) is 46.2. The summed E-state index contributed by atoms with van der Waals surface area (Å²) in [5.41, 5.74) is -5.14. The van der Waals surface area contributed by atoms with Gasteiger partial charge in [-0.25, -0.2) is 4.79 Å². The van der Waals surface area contributed by atoms with Crippen LogP contribution in [-0.4, -0.2) is 112 Å². The second-order valence-electron chi connectivity index (χ2n) is 19.6. The maximum absolute atomic E-state index is 15.0. The van der Waals surface area contributed by atoms with E-state index in [0.29, 0.717) is 43.3 Å². The first-order valence-electron chi connectivity index (χ1n) is 21.5. The Morgan fingerprint density at radius 2 is 1.68 bits per heavy atom. The first kappa shape index (κ1) is 46.3. The molecule has 2 aromatic carbocycles. The molecule has 12 nitrogen and oxygen atoms in total. The second-order valence-corrected chi connectivity index (χ2v) is 20.0. The lowest BCUT2D eigenvalue weighted by atomic mass is 9.86. The molecule has 3 aliphatic carbocycles. The Morgan fingerprint density at radius 3 is 2.27 bits per heavy atom. The molecule has 0 aromatic heterocycles. The van der Waals surface area contributed by atoms with Gasteiger partial charge in [-0.1, -0.05) is 23.7 Å². The third-order valence-corrected chi connectivity index (χ3v) is 13.3. The lowest BCUT2D eigenvalue weighted by molar-refractivity contribution is -0.138. The number of likely N-dealkylation sites (tertiary alicyclic amines) is 1. The van der Waals surface area contributed by atoms with Gasteiger partial charge in [-0.2, -0.15) is 22.0 Å². The van der Waals surface area contributed by atoms with E-state index in [9.17, 15) is 45.9 Å². The maximum Gasteiger partial charge on any atom is 0.417 e. The van der Waals surface area contributed by atoms with Crippen LogP contribution in [0.2, 0.25) is 5.02 Å². The van der Waals surface area contributed by atoms with Crippen LogP contribution in [0.4, 0.5) is 32.4 Å². The average Bonchev–Trinajstić information content (AvgIpc) is 4.11. The summed E-state index contributed by atoms with van der Waals surface area (Å²) in [6, 6.07) is 7.73. The van der Waals surface area contributed by atoms with E-state index in [4.69, 9.17) is 21.1 Å². The van der Waals surface area contributed by atoms with Gasteiger partial charge in [0.05, 0.1) is 28.8 Å². The summed E-state index contributed by atoms with van der Waals surface area (Å²) in [6.45, 7) is 11.2. The third kappa shape index (κ3) is 9.44. The molecule has 2 aromatic rings. The number of nitrogens with one attached hydrogen (secondary N) is 1. The largest absolute Gasteiger partial charge is 0.476 e. The number of anilines is 1. The number of halogens is 6. The molecule has 0 unspecified atom stereocenters. The Bertz CT molecular complexity index is 2160. The summed E-state index contributed by atoms with van der Waals surface area (Å²) in [5, 5.41) is 2.58. The van der Waals surface area contributed by atoms with Gasteiger partial charge in [-0.3, -0.25) is 19.2 Å². The van der Waals surface area contributed by atoms with Crippen molar-refractivity contribution in [3.63, 3.8) is 0 Å². The fourth-order valence-corrected chi connectivity index (χ4v) is 9.69. The van der Waals surface area contributed by atoms with Gasteiger partial charge in [-0.15, -0.1) is 0 Å². The molecule has 2 aliphatic heterocycles. The Morgan fingerprint density at radius 1 is 1.02 bits per heavy atom. The SMILES string of the molecule is CC(C)N(C(=O)c1cc2c(cc1C(F)(F)F)OC(C)(C)C(=O)N2CCNC(=O)C(F)F)[C@@H]1C[C@@]12CC[C@]1(C[C@H]1CN(C(=O)Cc1ccc(Cl)cc1)C1CC1)N(C(=O)OC(C)(C)C)C2. The number of benzene rings is 2. The van der Waals surface area contributed by atoms with Gasteiger partial charge in [-0.05, 0) is 117 Å². The number of piperidine rings is 1. The lowest BCUT2D eigenvalue weighted by Gasteiger charge is -2.44. The molecule has 4 atom stereocenters. The molecule has 3 saturated carbocycles. The highest BCUT2D eigenvalue weighted by atomic mass is 35.5. The van der Waals surface area contributed by atoms with Crippen LogP contribution in [0, 0.1) is 11.3 Å². The maximum atomic E-state index is 15.0. The molecular weight excluding hydrogens is 853 g/mol. The number of carbonyl (C=O) groups is 5. The smallest absolute Gasteiger partial charge is 0.417 e. The van der Waals surface area contributed by atoms with E-state index in [2.05, 4.69) is 0 Å². The van der Waals surface area contributed by atoms with Gasteiger partial charge in [0, 0.05) is 60.7 Å². The van der Waals surface area contributed by atoms with Crippen molar-refractivity contribution < 1.29 is 55.4 Å². The molecule has 7 rings (SSSR count). The molecule has 1 N–H and O–H groups in total. The number of rotatable bonds is 12. The summed E-state index contributed by atoms with van der Waals surface area (Å²) in [6.07, 6.45) is -4.74. The Hall–Kier alpha value is -4.67. The number of carbonyl (C=O) groups excluding carboxylic acids is 5. The lowest BCUT2D eigenvalue weighted by Crippen LogP contribution is -2.55. The molecule has 5 amide bonds. The van der Waals surface area contributed by atoms with Gasteiger partial charge < -0.3 is 34.4 Å². The third-order valence-electron chi connectivity index (χ3n) is 13.0. The van der Waals surface area contributed by atoms with Gasteiger partial charge >= 0.3 is 18.7 Å². The normalized spacial score (nSPS) is 24.9. The summed E-state index contributed by atoms with van der Waals surface area (Å²) in [4.78, 5) is 73.9. The van der Waals surface area contributed by atoms with Crippen molar-refractivity contribution in [1.29, 1.82) is 0 Å². The van der Waals surface area contributed by atoms with Crippen molar-refractivity contribution in [3.8, 4) is 5.75 Å². The number of alkyl halides is 5. The van der Waals surface area contributed by atoms with E-state index in [1.54, 1.807) is 51.7 Å². The predicted octanol–water partition coefficient (Wildman–Crippen LogP) is 7.88. The van der Waals surface area contributed by atoms with Crippen LogP contribution in [0.3, 0.4) is 0 Å². The molecule has 18 heteroatoms. The monoisotopic (exact) mass is 907 g/mol. The van der Waals surface area contributed by atoms with E-state index in [1.165, 1.54) is 18.7 Å². The van der Waals surface area contributed by atoms with Crippen molar-refractivity contribution in [1.82, 2.24) is 20.0 Å². The van der Waals surface area contributed by atoms with Crippen LogP contribution in [0.15, 0.2) is 36.4 Å². The molecule has 2 spiro atoms. The Balaban J connectivity index is 1.15. The zero-order valence-electron chi connectivity index (χ0n) is 36.5. The standard InChI is InChI=1S/C45H55ClF5N5O7/c1-25(2)56(38(59)30-19-32-33(20-31(30)45(49,50)51)62-42(6,7)39(60)53(32)17-16-52-37(58)36(47)48)34-22-43(34)14-15-44(55(24-43)40(61)63-41(3,4)5)21-27(44)23-54(29-12-13-29)35(57)18-26-8-10-28(46)11-9-26/h8-11,19-20,25,27,29,34,36H,12-18,21-24H2,1-7H3,(H,52,58)/t27-,34+,43+,44+/m0/s1. The van der Waals surface area contributed by atoms with E-state index in [1.807, 2.05) is 22.3 Å². The fourth-order valence-electron chi connectivity index (χ4n) is 9.56. The molecule has 344 valence electrons. The van der Waals surface area contributed by atoms with E-state index >= 15 is 0 Å². The van der Waals surface area contributed by atoms with Crippen molar-refractivity contribution in [3.05, 3.63) is 58.1 Å². The van der Waals surface area contributed by atoms with Crippen molar-refractivity contribution in [2.45, 2.75) is 141 Å². The number of amides is 5. The highest BCUT2D eigenvalue weighted by Crippen LogP contribution is 2.65. The van der Waals surface area contributed by atoms with E-state index in [-0.39, 0.29) is 42.3 Å². The highest BCUT2D eigenvalue weighted by Gasteiger charge is 2.70. The van der Waals surface area contributed by atoms with Crippen molar-refractivity contribution >= 4 is 47.0 Å². The van der Waals surface area contributed by atoms with Gasteiger partial charge in [0.25, 0.3) is 17.7 Å². The van der Waals surface area contributed by atoms with Crippen molar-refractivity contribution in [2.24, 2.45) is 11.3 Å². The van der Waals surface area contributed by atoms with Crippen LogP contribution >= 0.6 is 11.6 Å². The summed E-state index contributed by atoms with van der Waals surface area (Å²) in [7, 11) is 0. The molecule has 0 bridgehead atoms. The van der Waals surface area contributed by atoms with Crippen LogP contribution in [0.1, 0.15) is 108 Å². The van der Waals surface area contributed by atoms with Gasteiger partial charge in [0.1, 0.15) is 11.4 Å². The topological polar surface area (TPSA) is 129 Å². The number of fused-ring (bicyclic) bond motifs is 1. The van der Waals surface area contributed by atoms with Crippen molar-refractivity contribution in [2.75, 3.05) is 31.1 Å². The van der Waals surface area contributed by atoms with Gasteiger partial charge in [0.15, 0.2) is 5.60 Å². The number of hydrogen-bond donors (Lipinski definition) is 1. The van der Waals surface area contributed by atoms with Gasteiger partial charge in [0.2, 0.25) is 5.91 Å². The Kier molecular flexibility index (Phi) is 12.1. The second kappa shape index (κ2) is 16.4. The molecule has 1 saturated heterocycles. The van der Waals surface area contributed by atoms with Crippen LogP contribution in [0.25, 0.3) is 0 Å². The molecule has 2 heterocycles. The van der Waals surface area contributed by atoms with Crippen LogP contribution < -0.4 is 15.0 Å².